The van der Waals surface area contributed by atoms with Gasteiger partial charge in [-0.3, -0.25) is 9.36 Å². The third-order valence-electron chi connectivity index (χ3n) is 4.06. The van der Waals surface area contributed by atoms with E-state index in [4.69, 9.17) is 6.57 Å². The molecule has 0 unspecified atom stereocenters. The Kier molecular flexibility index (Phi) is 6.19. The molecule has 0 amide bonds. The molecule has 4 aromatic rings. The minimum Gasteiger partial charge on any atom is -0.260 e. The molecule has 6 nitrogen and oxygen atoms in total. The van der Waals surface area contributed by atoms with E-state index in [1.807, 2.05) is 67.0 Å². The monoisotopic (exact) mass is 555 g/mol. The van der Waals surface area contributed by atoms with Crippen LogP contribution in [0.5, 0.6) is 0 Å². The first-order chi connectivity index (χ1) is 13.8. The maximum absolute atomic E-state index is 9.54. The molecule has 0 aliphatic heterocycles. The molecule has 29 heavy (non-hydrogen) atoms. The first-order valence-electron chi connectivity index (χ1n) is 8.37. The Bertz CT molecular complexity index is 1130. The van der Waals surface area contributed by atoms with E-state index in [9.17, 15) is 5.26 Å². The zero-order chi connectivity index (χ0) is 19.3. The molecule has 0 aliphatic rings. The van der Waals surface area contributed by atoms with Crippen molar-refractivity contribution in [2.45, 2.75) is 0 Å². The summed E-state index contributed by atoms with van der Waals surface area (Å²) in [7, 11) is 0. The van der Waals surface area contributed by atoms with Crippen LogP contribution in [0.4, 0.5) is 0 Å². The van der Waals surface area contributed by atoms with E-state index < -0.39 is 0 Å². The smallest absolute Gasteiger partial charge is 0.260 e. The molecule has 0 saturated heterocycles. The second kappa shape index (κ2) is 8.97. The zero-order valence-corrected chi connectivity index (χ0v) is 17.2. The molecule has 0 radical (unpaired) electrons. The molecule has 0 spiro atoms. The van der Waals surface area contributed by atoms with Crippen LogP contribution in [-0.4, -0.2) is 19.6 Å². The average Bonchev–Trinajstić information content (AvgIpc) is 3.46. The Hall–Kier alpha value is -3.73. The van der Waals surface area contributed by atoms with Gasteiger partial charge in [-0.15, -0.1) is 48.5 Å². The van der Waals surface area contributed by atoms with Gasteiger partial charge in [0.2, 0.25) is 5.70 Å². The first kappa shape index (κ1) is 20.0. The summed E-state index contributed by atoms with van der Waals surface area (Å²) in [6.45, 7) is 7.46. The van der Waals surface area contributed by atoms with Gasteiger partial charge in [0, 0.05) is 24.8 Å². The maximum Gasteiger partial charge on any atom is 2.00 e. The Balaban J connectivity index is 0.00000240. The molecule has 0 aliphatic carbocycles. The molecular formula is C22H12N6Pt. The van der Waals surface area contributed by atoms with Crippen molar-refractivity contribution in [3.8, 4) is 17.4 Å². The molecule has 4 rings (SSSR count). The fourth-order valence-electron chi connectivity index (χ4n) is 2.83. The third-order valence-corrected chi connectivity index (χ3v) is 4.06. The predicted octanol–water partition coefficient (Wildman–Crippen LogP) is 3.86. The van der Waals surface area contributed by atoms with Crippen LogP contribution >= 0.6 is 0 Å². The predicted molar refractivity (Wildman–Crippen MR) is 103 cm³/mol. The van der Waals surface area contributed by atoms with Crippen LogP contribution in [0.3, 0.4) is 0 Å². The van der Waals surface area contributed by atoms with Crippen molar-refractivity contribution in [1.29, 1.82) is 5.26 Å². The van der Waals surface area contributed by atoms with Crippen molar-refractivity contribution in [2.75, 3.05) is 0 Å². The summed E-state index contributed by atoms with van der Waals surface area (Å²) in [5.74, 6) is 0. The standard InChI is InChI=1S/C22H12N6.Pt/c1-24-21(16-23)22(17-6-2-8-19(14-17)27-12-4-10-25-27)18-7-3-9-20(15-18)28-13-5-11-26-28;/h2-13H;/q-2;+2. The second-order valence-corrected chi connectivity index (χ2v) is 5.75. The van der Waals surface area contributed by atoms with Crippen LogP contribution in [-0.2, 0) is 21.1 Å². The summed E-state index contributed by atoms with van der Waals surface area (Å²) in [5, 5.41) is 18.0. The van der Waals surface area contributed by atoms with Gasteiger partial charge < -0.3 is 0 Å². The fourth-order valence-corrected chi connectivity index (χ4v) is 2.83. The Morgan fingerprint density at radius 3 is 1.79 bits per heavy atom. The summed E-state index contributed by atoms with van der Waals surface area (Å²) >= 11 is 0. The van der Waals surface area contributed by atoms with Gasteiger partial charge in [-0.05, 0) is 23.5 Å². The van der Waals surface area contributed by atoms with Crippen molar-refractivity contribution >= 4 is 5.57 Å². The van der Waals surface area contributed by atoms with Gasteiger partial charge in [-0.1, -0.05) is 5.57 Å². The molecule has 0 N–H and O–H groups in total. The average molecular weight is 555 g/mol. The van der Waals surface area contributed by atoms with Crippen LogP contribution in [0.25, 0.3) is 21.8 Å². The Morgan fingerprint density at radius 2 is 1.41 bits per heavy atom. The number of aromatic nitrogens is 4. The van der Waals surface area contributed by atoms with E-state index in [1.54, 1.807) is 21.8 Å². The van der Waals surface area contributed by atoms with E-state index in [0.29, 0.717) is 28.1 Å². The number of rotatable bonds is 4. The van der Waals surface area contributed by atoms with Crippen molar-refractivity contribution in [3.05, 3.63) is 114 Å². The topological polar surface area (TPSA) is 63.8 Å². The second-order valence-electron chi connectivity index (χ2n) is 5.75. The quantitative estimate of drug-likeness (QED) is 0.284. The van der Waals surface area contributed by atoms with Gasteiger partial charge >= 0.3 is 21.1 Å². The number of nitriles is 1. The summed E-state index contributed by atoms with van der Waals surface area (Å²) in [6.07, 6.45) is 6.98. The van der Waals surface area contributed by atoms with Crippen molar-refractivity contribution in [3.63, 3.8) is 0 Å². The van der Waals surface area contributed by atoms with Crippen molar-refractivity contribution in [1.82, 2.24) is 19.6 Å². The van der Waals surface area contributed by atoms with Gasteiger partial charge in [0.05, 0.1) is 12.6 Å². The van der Waals surface area contributed by atoms with Crippen molar-refractivity contribution < 1.29 is 21.1 Å². The molecule has 2 aromatic carbocycles. The SMILES string of the molecule is [C-]#[N+]C(C#N)=C(c1[c-]c(-n2cccn2)ccc1)c1[c-]c(-n2cccn2)ccc1.[Pt+2]. The van der Waals surface area contributed by atoms with Crippen LogP contribution in [0.15, 0.2) is 79.0 Å². The van der Waals surface area contributed by atoms with E-state index >= 15 is 0 Å². The molecule has 0 saturated carbocycles. The Morgan fingerprint density at radius 1 is 0.897 bits per heavy atom. The van der Waals surface area contributed by atoms with Crippen LogP contribution in [0.2, 0.25) is 0 Å². The molecule has 7 heteroatoms. The van der Waals surface area contributed by atoms with Gasteiger partial charge in [-0.2, -0.15) is 21.3 Å². The van der Waals surface area contributed by atoms with Crippen LogP contribution in [0.1, 0.15) is 11.1 Å². The molecule has 0 fully saturated rings. The summed E-state index contributed by atoms with van der Waals surface area (Å²) in [4.78, 5) is 3.43. The maximum atomic E-state index is 9.54. The molecular weight excluding hydrogens is 543 g/mol. The summed E-state index contributed by atoms with van der Waals surface area (Å²) in [6, 6.07) is 23.2. The minimum atomic E-state index is -0.0252. The van der Waals surface area contributed by atoms with E-state index in [1.165, 1.54) is 0 Å². The Labute approximate surface area is 182 Å². The largest absolute Gasteiger partial charge is 2.00 e. The van der Waals surface area contributed by atoms with Crippen LogP contribution in [0, 0.1) is 30.0 Å². The van der Waals surface area contributed by atoms with Gasteiger partial charge in [-0.25, -0.2) is 10.1 Å². The molecule has 0 bridgehead atoms. The molecule has 140 valence electrons. The number of allylic oxidation sites excluding steroid dienone is 1. The van der Waals surface area contributed by atoms with Gasteiger partial charge in [0.1, 0.15) is 0 Å². The molecule has 2 heterocycles. The fraction of sp³-hybridized carbons (Fsp3) is 0. The van der Waals surface area contributed by atoms with Gasteiger partial charge in [0.25, 0.3) is 0 Å². The first-order valence-corrected chi connectivity index (χ1v) is 8.37. The third kappa shape index (κ3) is 4.09. The number of hydrogen-bond donors (Lipinski definition) is 0. The number of nitrogens with zero attached hydrogens (tertiary/aromatic N) is 6. The van der Waals surface area contributed by atoms with E-state index in [2.05, 4.69) is 27.2 Å². The summed E-state index contributed by atoms with van der Waals surface area (Å²) < 4.78 is 3.35. The normalized spacial score (nSPS) is 9.72. The summed E-state index contributed by atoms with van der Waals surface area (Å²) in [5.41, 5.74) is 3.11. The van der Waals surface area contributed by atoms with E-state index in [0.717, 1.165) is 0 Å². The van der Waals surface area contributed by atoms with E-state index in [-0.39, 0.29) is 26.8 Å². The zero-order valence-electron chi connectivity index (χ0n) is 14.9. The van der Waals surface area contributed by atoms with Crippen molar-refractivity contribution in [2.24, 2.45) is 0 Å². The molecule has 2 aromatic heterocycles. The van der Waals surface area contributed by atoms with Crippen LogP contribution < -0.4 is 0 Å². The number of benzene rings is 2. The molecule has 0 atom stereocenters. The number of hydrogen-bond acceptors (Lipinski definition) is 3. The van der Waals surface area contributed by atoms with Gasteiger partial charge in [0.15, 0.2) is 0 Å². The minimum absolute atomic E-state index is 0.